The van der Waals surface area contributed by atoms with Crippen LogP contribution in [0.2, 0.25) is 0 Å². The van der Waals surface area contributed by atoms with Gasteiger partial charge in [0, 0.05) is 26.2 Å². The summed E-state index contributed by atoms with van der Waals surface area (Å²) in [6.07, 6.45) is 0. The lowest BCUT2D eigenvalue weighted by Crippen LogP contribution is -2.50. The Kier molecular flexibility index (Phi) is 5.24. The summed E-state index contributed by atoms with van der Waals surface area (Å²) in [6.45, 7) is 2.59. The van der Waals surface area contributed by atoms with E-state index in [1.807, 2.05) is 27.3 Å². The van der Waals surface area contributed by atoms with Gasteiger partial charge in [0.2, 0.25) is 5.91 Å². The van der Waals surface area contributed by atoms with Crippen molar-refractivity contribution >= 4 is 35.0 Å². The van der Waals surface area contributed by atoms with Crippen LogP contribution in [0.4, 0.5) is 0 Å². The highest BCUT2D eigenvalue weighted by molar-refractivity contribution is 8.01. The van der Waals surface area contributed by atoms with Gasteiger partial charge in [0.15, 0.2) is 0 Å². The lowest BCUT2D eigenvalue weighted by atomic mass is 10.3. The standard InChI is InChI=1S/C12H16N2O3S2/c15-10(9-19-12-2-1-7-18-12)14-5-3-13(4-6-14)8-11(16)17/h1-2,7H,3-6,8-9H2,(H,16,17). The molecule has 0 aliphatic carbocycles. The number of amides is 1. The molecule has 1 saturated heterocycles. The van der Waals surface area contributed by atoms with Gasteiger partial charge < -0.3 is 10.0 Å². The summed E-state index contributed by atoms with van der Waals surface area (Å²) in [5.74, 6) is -0.221. The van der Waals surface area contributed by atoms with Crippen molar-refractivity contribution in [3.8, 4) is 0 Å². The summed E-state index contributed by atoms with van der Waals surface area (Å²) in [5, 5.41) is 10.7. The molecule has 104 valence electrons. The van der Waals surface area contributed by atoms with Crippen LogP contribution in [-0.2, 0) is 9.59 Å². The molecule has 0 unspecified atom stereocenters. The molecule has 0 bridgehead atoms. The first-order chi connectivity index (χ1) is 9.15. The van der Waals surface area contributed by atoms with E-state index in [9.17, 15) is 9.59 Å². The zero-order chi connectivity index (χ0) is 13.7. The maximum atomic E-state index is 12.0. The minimum absolute atomic E-state index is 0.0615. The van der Waals surface area contributed by atoms with E-state index in [1.54, 1.807) is 23.1 Å². The average molecular weight is 300 g/mol. The van der Waals surface area contributed by atoms with Crippen molar-refractivity contribution in [2.24, 2.45) is 0 Å². The van der Waals surface area contributed by atoms with Gasteiger partial charge in [-0.3, -0.25) is 14.5 Å². The Labute approximate surface area is 120 Å². The summed E-state index contributed by atoms with van der Waals surface area (Å²) in [5.41, 5.74) is 0. The molecule has 1 aromatic heterocycles. The van der Waals surface area contributed by atoms with E-state index in [0.29, 0.717) is 31.9 Å². The molecule has 1 aromatic rings. The first-order valence-electron chi connectivity index (χ1n) is 6.03. The lowest BCUT2D eigenvalue weighted by Gasteiger charge is -2.33. The third-order valence-electron chi connectivity index (χ3n) is 2.92. The van der Waals surface area contributed by atoms with Crippen molar-refractivity contribution in [1.82, 2.24) is 9.80 Å². The quantitative estimate of drug-likeness (QED) is 0.824. The Morgan fingerprint density at radius 2 is 2.05 bits per heavy atom. The van der Waals surface area contributed by atoms with Crippen LogP contribution in [0.3, 0.4) is 0 Å². The largest absolute Gasteiger partial charge is 0.480 e. The molecule has 1 aliphatic heterocycles. The third-order valence-corrected chi connectivity index (χ3v) is 5.03. The van der Waals surface area contributed by atoms with Crippen molar-refractivity contribution in [2.75, 3.05) is 38.5 Å². The number of rotatable bonds is 5. The van der Waals surface area contributed by atoms with Gasteiger partial charge in [0.25, 0.3) is 0 Å². The van der Waals surface area contributed by atoms with Crippen LogP contribution in [0.25, 0.3) is 0 Å². The normalized spacial score (nSPS) is 16.5. The van der Waals surface area contributed by atoms with E-state index in [1.165, 1.54) is 0 Å². The number of carboxylic acid groups (broad SMARTS) is 1. The highest BCUT2D eigenvalue weighted by Crippen LogP contribution is 2.23. The van der Waals surface area contributed by atoms with Crippen LogP contribution in [0.1, 0.15) is 0 Å². The maximum absolute atomic E-state index is 12.0. The number of carbonyl (C=O) groups excluding carboxylic acids is 1. The van der Waals surface area contributed by atoms with Crippen molar-refractivity contribution in [3.63, 3.8) is 0 Å². The Bertz CT molecular complexity index is 428. The van der Waals surface area contributed by atoms with Gasteiger partial charge in [-0.05, 0) is 11.4 Å². The molecule has 0 aromatic carbocycles. The molecule has 7 heteroatoms. The second kappa shape index (κ2) is 6.93. The molecule has 1 N–H and O–H groups in total. The average Bonchev–Trinajstić information content (AvgIpc) is 2.89. The summed E-state index contributed by atoms with van der Waals surface area (Å²) in [4.78, 5) is 26.3. The van der Waals surface area contributed by atoms with E-state index in [4.69, 9.17) is 5.11 Å². The number of thioether (sulfide) groups is 1. The molecular weight excluding hydrogens is 284 g/mol. The number of hydrogen-bond acceptors (Lipinski definition) is 5. The molecular formula is C12H16N2O3S2. The number of nitrogens with zero attached hydrogens (tertiary/aromatic N) is 2. The Morgan fingerprint density at radius 1 is 1.32 bits per heavy atom. The molecule has 0 atom stereocenters. The Morgan fingerprint density at radius 3 is 2.63 bits per heavy atom. The molecule has 19 heavy (non-hydrogen) atoms. The van der Waals surface area contributed by atoms with Crippen LogP contribution in [-0.4, -0.2) is 65.3 Å². The van der Waals surface area contributed by atoms with Gasteiger partial charge in [0.1, 0.15) is 0 Å². The fourth-order valence-corrected chi connectivity index (χ4v) is 3.60. The molecule has 2 heterocycles. The molecule has 0 radical (unpaired) electrons. The minimum Gasteiger partial charge on any atom is -0.480 e. The fourth-order valence-electron chi connectivity index (χ4n) is 1.92. The zero-order valence-corrected chi connectivity index (χ0v) is 12.1. The van der Waals surface area contributed by atoms with Crippen molar-refractivity contribution in [1.29, 1.82) is 0 Å². The van der Waals surface area contributed by atoms with E-state index in [2.05, 4.69) is 0 Å². The van der Waals surface area contributed by atoms with Crippen LogP contribution < -0.4 is 0 Å². The first-order valence-corrected chi connectivity index (χ1v) is 7.90. The molecule has 1 fully saturated rings. The van der Waals surface area contributed by atoms with Crippen molar-refractivity contribution in [3.05, 3.63) is 17.5 Å². The lowest BCUT2D eigenvalue weighted by molar-refractivity contribution is -0.139. The first kappa shape index (κ1) is 14.4. The van der Waals surface area contributed by atoms with Gasteiger partial charge >= 0.3 is 5.97 Å². The molecule has 1 amide bonds. The SMILES string of the molecule is O=C(O)CN1CCN(C(=O)CSc2cccs2)CC1. The predicted molar refractivity (Wildman–Crippen MR) is 75.7 cm³/mol. The summed E-state index contributed by atoms with van der Waals surface area (Å²) >= 11 is 3.20. The van der Waals surface area contributed by atoms with Crippen molar-refractivity contribution < 1.29 is 14.7 Å². The maximum Gasteiger partial charge on any atom is 0.317 e. The van der Waals surface area contributed by atoms with E-state index in [-0.39, 0.29) is 12.5 Å². The fraction of sp³-hybridized carbons (Fsp3) is 0.500. The van der Waals surface area contributed by atoms with Crippen molar-refractivity contribution in [2.45, 2.75) is 4.21 Å². The topological polar surface area (TPSA) is 60.9 Å². The van der Waals surface area contributed by atoms with Gasteiger partial charge in [-0.25, -0.2) is 0 Å². The molecule has 0 spiro atoms. The van der Waals surface area contributed by atoms with Crippen LogP contribution in [0, 0.1) is 0 Å². The minimum atomic E-state index is -0.812. The van der Waals surface area contributed by atoms with E-state index < -0.39 is 5.97 Å². The number of piperazine rings is 1. The zero-order valence-electron chi connectivity index (χ0n) is 10.4. The highest BCUT2D eigenvalue weighted by Gasteiger charge is 2.22. The van der Waals surface area contributed by atoms with E-state index in [0.717, 1.165) is 4.21 Å². The summed E-state index contributed by atoms with van der Waals surface area (Å²) in [7, 11) is 0. The van der Waals surface area contributed by atoms with Gasteiger partial charge in [-0.15, -0.1) is 23.1 Å². The van der Waals surface area contributed by atoms with E-state index >= 15 is 0 Å². The Balaban J connectivity index is 1.71. The highest BCUT2D eigenvalue weighted by atomic mass is 32.2. The number of thiophene rings is 1. The van der Waals surface area contributed by atoms with Gasteiger partial charge in [0.05, 0.1) is 16.5 Å². The molecule has 2 rings (SSSR count). The smallest absolute Gasteiger partial charge is 0.317 e. The van der Waals surface area contributed by atoms with Crippen LogP contribution in [0.5, 0.6) is 0 Å². The third kappa shape index (κ3) is 4.52. The molecule has 1 aliphatic rings. The van der Waals surface area contributed by atoms with Gasteiger partial charge in [-0.2, -0.15) is 0 Å². The number of carbonyl (C=O) groups is 2. The number of carboxylic acids is 1. The van der Waals surface area contributed by atoms with Gasteiger partial charge in [-0.1, -0.05) is 6.07 Å². The predicted octanol–water partition coefficient (Wildman–Crippen LogP) is 1.07. The monoisotopic (exact) mass is 300 g/mol. The summed E-state index contributed by atoms with van der Waals surface area (Å²) in [6, 6.07) is 3.98. The van der Waals surface area contributed by atoms with Crippen LogP contribution in [0.15, 0.2) is 21.7 Å². The number of hydrogen-bond donors (Lipinski definition) is 1. The second-order valence-electron chi connectivity index (χ2n) is 4.27. The molecule has 0 saturated carbocycles. The Hall–Kier alpha value is -1.05. The summed E-state index contributed by atoms with van der Waals surface area (Å²) < 4.78 is 1.15. The van der Waals surface area contributed by atoms with Crippen LogP contribution >= 0.6 is 23.1 Å². The molecule has 5 nitrogen and oxygen atoms in total. The number of aliphatic carboxylic acids is 1. The second-order valence-corrected chi connectivity index (χ2v) is 6.49.